The van der Waals surface area contributed by atoms with Crippen LogP contribution in [0.3, 0.4) is 0 Å². The Morgan fingerprint density at radius 3 is 2.33 bits per heavy atom. The number of amides is 1. The highest BCUT2D eigenvalue weighted by molar-refractivity contribution is 5.77. The SMILES string of the molecule is CCNC(C)CC(=O)N(CC#N)CC#N. The highest BCUT2D eigenvalue weighted by Crippen LogP contribution is 1.98. The van der Waals surface area contributed by atoms with Crippen molar-refractivity contribution in [1.29, 1.82) is 10.5 Å². The lowest BCUT2D eigenvalue weighted by Crippen LogP contribution is -2.37. The Bertz CT molecular complexity index is 260. The summed E-state index contributed by atoms with van der Waals surface area (Å²) in [5.41, 5.74) is 0. The molecule has 1 amide bonds. The van der Waals surface area contributed by atoms with Crippen LogP contribution in [0.2, 0.25) is 0 Å². The summed E-state index contributed by atoms with van der Waals surface area (Å²) in [4.78, 5) is 12.8. The first-order chi connectivity index (χ1) is 7.15. The molecule has 0 aliphatic rings. The average molecular weight is 208 g/mol. The molecule has 15 heavy (non-hydrogen) atoms. The third-order valence-electron chi connectivity index (χ3n) is 1.91. The first-order valence-electron chi connectivity index (χ1n) is 4.90. The van der Waals surface area contributed by atoms with Crippen molar-refractivity contribution in [2.75, 3.05) is 19.6 Å². The van der Waals surface area contributed by atoms with E-state index < -0.39 is 0 Å². The molecule has 0 saturated heterocycles. The summed E-state index contributed by atoms with van der Waals surface area (Å²) in [5, 5.41) is 20.1. The maximum absolute atomic E-state index is 11.6. The lowest BCUT2D eigenvalue weighted by Gasteiger charge is -2.18. The Morgan fingerprint density at radius 2 is 1.93 bits per heavy atom. The van der Waals surface area contributed by atoms with Crippen LogP contribution in [0.5, 0.6) is 0 Å². The van der Waals surface area contributed by atoms with E-state index in [0.29, 0.717) is 6.42 Å². The predicted octanol–water partition coefficient (Wildman–Crippen LogP) is 0.250. The van der Waals surface area contributed by atoms with Gasteiger partial charge in [-0.2, -0.15) is 10.5 Å². The molecule has 5 nitrogen and oxygen atoms in total. The van der Waals surface area contributed by atoms with Crippen molar-refractivity contribution in [1.82, 2.24) is 10.2 Å². The molecule has 1 N–H and O–H groups in total. The van der Waals surface area contributed by atoms with E-state index in [1.54, 1.807) is 0 Å². The average Bonchev–Trinajstić information content (AvgIpc) is 2.17. The molecule has 0 aromatic rings. The minimum Gasteiger partial charge on any atom is -0.316 e. The zero-order valence-electron chi connectivity index (χ0n) is 9.16. The van der Waals surface area contributed by atoms with Crippen LogP contribution in [-0.4, -0.2) is 36.5 Å². The van der Waals surface area contributed by atoms with Gasteiger partial charge >= 0.3 is 0 Å². The van der Waals surface area contributed by atoms with E-state index in [0.717, 1.165) is 6.54 Å². The van der Waals surface area contributed by atoms with Crippen LogP contribution in [0.4, 0.5) is 0 Å². The summed E-state index contributed by atoms with van der Waals surface area (Å²) < 4.78 is 0. The minimum atomic E-state index is -0.161. The second kappa shape index (κ2) is 7.78. The Kier molecular flexibility index (Phi) is 6.96. The third-order valence-corrected chi connectivity index (χ3v) is 1.91. The van der Waals surface area contributed by atoms with Crippen molar-refractivity contribution in [3.63, 3.8) is 0 Å². The molecule has 0 saturated carbocycles. The molecule has 0 radical (unpaired) electrons. The maximum atomic E-state index is 11.6. The lowest BCUT2D eigenvalue weighted by molar-refractivity contribution is -0.130. The molecule has 0 rings (SSSR count). The highest BCUT2D eigenvalue weighted by atomic mass is 16.2. The first kappa shape index (κ1) is 13.4. The van der Waals surface area contributed by atoms with Crippen LogP contribution >= 0.6 is 0 Å². The normalized spacial score (nSPS) is 11.2. The van der Waals surface area contributed by atoms with Crippen molar-refractivity contribution in [3.05, 3.63) is 0 Å². The van der Waals surface area contributed by atoms with E-state index in [1.807, 2.05) is 26.0 Å². The molecule has 0 heterocycles. The molecule has 0 aliphatic carbocycles. The number of rotatable bonds is 6. The monoisotopic (exact) mass is 208 g/mol. The Morgan fingerprint density at radius 1 is 1.40 bits per heavy atom. The van der Waals surface area contributed by atoms with E-state index in [-0.39, 0.29) is 25.0 Å². The second-order valence-electron chi connectivity index (χ2n) is 3.23. The molecular weight excluding hydrogens is 192 g/mol. The van der Waals surface area contributed by atoms with Crippen LogP contribution in [-0.2, 0) is 4.79 Å². The van der Waals surface area contributed by atoms with Gasteiger partial charge in [-0.05, 0) is 13.5 Å². The van der Waals surface area contributed by atoms with Crippen LogP contribution in [0, 0.1) is 22.7 Å². The topological polar surface area (TPSA) is 79.9 Å². The van der Waals surface area contributed by atoms with Crippen LogP contribution in [0.15, 0.2) is 0 Å². The summed E-state index contributed by atoms with van der Waals surface area (Å²) in [6.07, 6.45) is 0.317. The molecule has 0 aromatic carbocycles. The number of carbonyl (C=O) groups is 1. The van der Waals surface area contributed by atoms with E-state index >= 15 is 0 Å². The minimum absolute atomic E-state index is 0.0226. The van der Waals surface area contributed by atoms with Crippen molar-refractivity contribution in [2.24, 2.45) is 0 Å². The molecule has 0 aliphatic heterocycles. The predicted molar refractivity (Wildman–Crippen MR) is 55.6 cm³/mol. The first-order valence-corrected chi connectivity index (χ1v) is 4.90. The second-order valence-corrected chi connectivity index (χ2v) is 3.23. The van der Waals surface area contributed by atoms with Gasteiger partial charge in [0.05, 0.1) is 12.1 Å². The fraction of sp³-hybridized carbons (Fsp3) is 0.700. The van der Waals surface area contributed by atoms with Gasteiger partial charge in [-0.25, -0.2) is 0 Å². The smallest absolute Gasteiger partial charge is 0.225 e. The Hall–Kier alpha value is -1.59. The van der Waals surface area contributed by atoms with E-state index in [4.69, 9.17) is 10.5 Å². The van der Waals surface area contributed by atoms with Crippen molar-refractivity contribution < 1.29 is 4.79 Å². The number of hydrogen-bond donors (Lipinski definition) is 1. The number of nitrogens with one attached hydrogen (secondary N) is 1. The van der Waals surface area contributed by atoms with Gasteiger partial charge < -0.3 is 10.2 Å². The van der Waals surface area contributed by atoms with Gasteiger partial charge in [0.1, 0.15) is 13.1 Å². The van der Waals surface area contributed by atoms with Gasteiger partial charge in [-0.15, -0.1) is 0 Å². The number of hydrogen-bond acceptors (Lipinski definition) is 4. The number of nitrogens with zero attached hydrogens (tertiary/aromatic N) is 3. The molecule has 0 bridgehead atoms. The van der Waals surface area contributed by atoms with Gasteiger partial charge in [-0.3, -0.25) is 4.79 Å². The van der Waals surface area contributed by atoms with Gasteiger partial charge in [0.15, 0.2) is 0 Å². The Balaban J connectivity index is 4.15. The standard InChI is InChI=1S/C10H16N4O/c1-3-13-9(2)8-10(15)14(6-4-11)7-5-12/h9,13H,3,6-8H2,1-2H3. The van der Waals surface area contributed by atoms with Gasteiger partial charge in [0.2, 0.25) is 5.91 Å². The third kappa shape index (κ3) is 5.66. The summed E-state index contributed by atoms with van der Waals surface area (Å²) >= 11 is 0. The van der Waals surface area contributed by atoms with E-state index in [9.17, 15) is 4.79 Å². The zero-order chi connectivity index (χ0) is 11.7. The van der Waals surface area contributed by atoms with Gasteiger partial charge in [0.25, 0.3) is 0 Å². The fourth-order valence-electron chi connectivity index (χ4n) is 1.21. The quantitative estimate of drug-likeness (QED) is 0.634. The van der Waals surface area contributed by atoms with Crippen LogP contribution < -0.4 is 5.32 Å². The van der Waals surface area contributed by atoms with Crippen molar-refractivity contribution in [2.45, 2.75) is 26.3 Å². The molecule has 0 aromatic heterocycles. The number of nitriles is 2. The van der Waals surface area contributed by atoms with Gasteiger partial charge in [0, 0.05) is 12.5 Å². The summed E-state index contributed by atoms with van der Waals surface area (Å²) in [7, 11) is 0. The molecule has 0 spiro atoms. The highest BCUT2D eigenvalue weighted by Gasteiger charge is 2.15. The van der Waals surface area contributed by atoms with Crippen molar-refractivity contribution in [3.8, 4) is 12.1 Å². The Labute approximate surface area is 90.3 Å². The fourth-order valence-corrected chi connectivity index (χ4v) is 1.21. The van der Waals surface area contributed by atoms with Crippen LogP contribution in [0.1, 0.15) is 20.3 Å². The molecular formula is C10H16N4O. The summed E-state index contributed by atoms with van der Waals surface area (Å²) in [6, 6.07) is 3.82. The molecule has 0 fully saturated rings. The largest absolute Gasteiger partial charge is 0.316 e. The molecule has 1 atom stereocenters. The molecule has 1 unspecified atom stereocenters. The van der Waals surface area contributed by atoms with E-state index in [2.05, 4.69) is 5.32 Å². The van der Waals surface area contributed by atoms with Crippen LogP contribution in [0.25, 0.3) is 0 Å². The van der Waals surface area contributed by atoms with Gasteiger partial charge in [-0.1, -0.05) is 6.92 Å². The summed E-state index contributed by atoms with van der Waals surface area (Å²) in [6.45, 7) is 4.61. The van der Waals surface area contributed by atoms with E-state index in [1.165, 1.54) is 4.90 Å². The lowest BCUT2D eigenvalue weighted by atomic mass is 10.2. The van der Waals surface area contributed by atoms with Crippen molar-refractivity contribution >= 4 is 5.91 Å². The number of carbonyl (C=O) groups excluding carboxylic acids is 1. The summed E-state index contributed by atoms with van der Waals surface area (Å²) in [5.74, 6) is -0.161. The maximum Gasteiger partial charge on any atom is 0.225 e. The zero-order valence-corrected chi connectivity index (χ0v) is 9.16. The molecule has 5 heteroatoms. The molecule has 82 valence electrons.